The fourth-order valence-corrected chi connectivity index (χ4v) is 4.94. The molecule has 1 aliphatic heterocycles. The van der Waals surface area contributed by atoms with Gasteiger partial charge in [-0.05, 0) is 38.0 Å². The average Bonchev–Trinajstić information content (AvgIpc) is 3.15. The van der Waals surface area contributed by atoms with E-state index >= 15 is 0 Å². The molecule has 1 aromatic heterocycles. The molecule has 0 unspecified atom stereocenters. The summed E-state index contributed by atoms with van der Waals surface area (Å²) in [4.78, 5) is 14.4. The highest BCUT2D eigenvalue weighted by atomic mass is 32.2. The molecule has 9 heteroatoms. The number of benzene rings is 1. The first kappa shape index (κ1) is 20.3. The summed E-state index contributed by atoms with van der Waals surface area (Å²) < 4.78 is 29.2. The van der Waals surface area contributed by atoms with Crippen LogP contribution < -0.4 is 10.2 Å². The van der Waals surface area contributed by atoms with Gasteiger partial charge < -0.3 is 10.2 Å². The van der Waals surface area contributed by atoms with E-state index in [0.29, 0.717) is 32.7 Å². The lowest BCUT2D eigenvalue weighted by Crippen LogP contribution is -2.49. The molecule has 2 aromatic rings. The van der Waals surface area contributed by atoms with E-state index in [1.165, 1.54) is 33.4 Å². The van der Waals surface area contributed by atoms with Gasteiger partial charge in [0.05, 0.1) is 5.56 Å². The van der Waals surface area contributed by atoms with Crippen LogP contribution in [0.4, 0.5) is 5.69 Å². The lowest BCUT2D eigenvalue weighted by molar-refractivity contribution is 0.0959. The van der Waals surface area contributed by atoms with Crippen molar-refractivity contribution in [3.05, 3.63) is 41.1 Å². The van der Waals surface area contributed by atoms with Crippen LogP contribution in [0.1, 0.15) is 28.4 Å². The molecule has 0 radical (unpaired) electrons. The predicted molar refractivity (Wildman–Crippen MR) is 108 cm³/mol. The van der Waals surface area contributed by atoms with Crippen molar-refractivity contribution < 1.29 is 13.2 Å². The van der Waals surface area contributed by atoms with E-state index in [4.69, 9.17) is 0 Å². The third-order valence-corrected chi connectivity index (χ3v) is 7.10. The van der Waals surface area contributed by atoms with Gasteiger partial charge in [-0.15, -0.1) is 0 Å². The Morgan fingerprint density at radius 1 is 1.18 bits per heavy atom. The highest BCUT2D eigenvalue weighted by Crippen LogP contribution is 2.26. The Morgan fingerprint density at radius 2 is 1.86 bits per heavy atom. The molecule has 0 aliphatic carbocycles. The molecule has 0 saturated carbocycles. The quantitative estimate of drug-likeness (QED) is 0.812. The first-order valence-corrected chi connectivity index (χ1v) is 10.8. The first-order chi connectivity index (χ1) is 13.3. The Kier molecular flexibility index (Phi) is 5.76. The number of aromatic nitrogens is 2. The lowest BCUT2D eigenvalue weighted by Gasteiger charge is -2.36. The molecule has 1 aromatic carbocycles. The van der Waals surface area contributed by atoms with Crippen LogP contribution in [-0.4, -0.2) is 61.6 Å². The van der Waals surface area contributed by atoms with Crippen LogP contribution in [0.15, 0.2) is 29.4 Å². The highest BCUT2D eigenvalue weighted by Gasteiger charge is 2.34. The minimum Gasteiger partial charge on any atom is -0.369 e. The Balaban J connectivity index is 1.83. The summed E-state index contributed by atoms with van der Waals surface area (Å²) in [5, 5.41) is 6.48. The van der Waals surface area contributed by atoms with Gasteiger partial charge in [0, 0.05) is 51.7 Å². The lowest BCUT2D eigenvalue weighted by atomic mass is 10.1. The summed E-state index contributed by atoms with van der Waals surface area (Å²) in [5.74, 6) is -0.452. The predicted octanol–water partition coefficient (Wildman–Crippen LogP) is 1.39. The molecule has 1 amide bonds. The van der Waals surface area contributed by atoms with Crippen molar-refractivity contribution >= 4 is 21.6 Å². The number of aryl methyl sites for hydroxylation is 2. The number of carbonyl (C=O) groups is 1. The molecule has 0 bridgehead atoms. The highest BCUT2D eigenvalue weighted by molar-refractivity contribution is 7.89. The van der Waals surface area contributed by atoms with Gasteiger partial charge in [0.2, 0.25) is 5.03 Å². The summed E-state index contributed by atoms with van der Waals surface area (Å²) in [5.41, 5.74) is 3.65. The summed E-state index contributed by atoms with van der Waals surface area (Å²) >= 11 is 0. The number of hydrogen-bond donors (Lipinski definition) is 1. The number of rotatable bonds is 5. The van der Waals surface area contributed by atoms with E-state index < -0.39 is 15.9 Å². The van der Waals surface area contributed by atoms with E-state index in [1.807, 2.05) is 13.0 Å². The van der Waals surface area contributed by atoms with Crippen molar-refractivity contribution in [1.29, 1.82) is 0 Å². The minimum atomic E-state index is -3.85. The van der Waals surface area contributed by atoms with Crippen molar-refractivity contribution in [1.82, 2.24) is 19.4 Å². The van der Waals surface area contributed by atoms with Crippen LogP contribution in [0.5, 0.6) is 0 Å². The number of sulfonamides is 1. The van der Waals surface area contributed by atoms with Crippen molar-refractivity contribution in [2.24, 2.45) is 0 Å². The normalized spacial score (nSPS) is 15.6. The topological polar surface area (TPSA) is 87.5 Å². The number of piperazine rings is 1. The number of anilines is 1. The van der Waals surface area contributed by atoms with Crippen molar-refractivity contribution in [3.63, 3.8) is 0 Å². The van der Waals surface area contributed by atoms with Crippen LogP contribution >= 0.6 is 0 Å². The smallest absolute Gasteiger partial charge is 0.263 e. The molecule has 1 aliphatic rings. The molecule has 1 saturated heterocycles. The summed E-state index contributed by atoms with van der Waals surface area (Å²) in [7, 11) is -2.37. The van der Waals surface area contributed by atoms with E-state index in [0.717, 1.165) is 5.69 Å². The zero-order valence-electron chi connectivity index (χ0n) is 16.8. The maximum Gasteiger partial charge on any atom is 0.263 e. The Bertz CT molecular complexity index is 975. The van der Waals surface area contributed by atoms with E-state index in [1.54, 1.807) is 0 Å². The second-order valence-corrected chi connectivity index (χ2v) is 8.75. The van der Waals surface area contributed by atoms with Crippen molar-refractivity contribution in [2.45, 2.75) is 32.3 Å². The number of nitrogens with zero attached hydrogens (tertiary/aromatic N) is 4. The second-order valence-electron chi connectivity index (χ2n) is 6.89. The van der Waals surface area contributed by atoms with Crippen molar-refractivity contribution in [2.75, 3.05) is 38.1 Å². The fourth-order valence-electron chi connectivity index (χ4n) is 3.42. The number of nitrogens with one attached hydrogen (secondary N) is 1. The zero-order chi connectivity index (χ0) is 20.5. The Hall–Kier alpha value is -2.39. The summed E-state index contributed by atoms with van der Waals surface area (Å²) in [6, 6.07) is 6.16. The van der Waals surface area contributed by atoms with Gasteiger partial charge >= 0.3 is 0 Å². The fraction of sp³-hybridized carbons (Fsp3) is 0.474. The Morgan fingerprint density at radius 3 is 2.46 bits per heavy atom. The second kappa shape index (κ2) is 7.92. The summed E-state index contributed by atoms with van der Waals surface area (Å²) in [6.45, 7) is 8.37. The van der Waals surface area contributed by atoms with E-state index in [-0.39, 0.29) is 10.6 Å². The number of amides is 1. The van der Waals surface area contributed by atoms with Gasteiger partial charge in [0.1, 0.15) is 0 Å². The van der Waals surface area contributed by atoms with Gasteiger partial charge in [-0.1, -0.05) is 12.1 Å². The molecule has 3 rings (SSSR count). The third-order valence-electron chi connectivity index (χ3n) is 5.26. The van der Waals surface area contributed by atoms with E-state index in [2.05, 4.69) is 41.3 Å². The molecule has 1 N–H and O–H groups in total. The minimum absolute atomic E-state index is 0.0845. The van der Waals surface area contributed by atoms with Crippen LogP contribution in [0.2, 0.25) is 0 Å². The monoisotopic (exact) mass is 405 g/mol. The van der Waals surface area contributed by atoms with Gasteiger partial charge in [0.15, 0.2) is 0 Å². The standard InChI is InChI=1S/C19H27N5O3S/c1-5-23-13-16(18(25)20-4)19(21-23)28(26,27)24-11-9-22(10-12-24)17-8-6-7-14(2)15(17)3/h6-8,13H,5,9-12H2,1-4H3,(H,20,25). The molecule has 152 valence electrons. The average molecular weight is 406 g/mol. The molecule has 0 atom stereocenters. The van der Waals surface area contributed by atoms with Gasteiger partial charge in [-0.2, -0.15) is 9.40 Å². The SMILES string of the molecule is CCn1cc(C(=O)NC)c(S(=O)(=O)N2CCN(c3cccc(C)c3C)CC2)n1. The molecule has 28 heavy (non-hydrogen) atoms. The van der Waals surface area contributed by atoms with Gasteiger partial charge in [-0.3, -0.25) is 9.48 Å². The van der Waals surface area contributed by atoms with Gasteiger partial charge in [-0.25, -0.2) is 8.42 Å². The summed E-state index contributed by atoms with van der Waals surface area (Å²) in [6.07, 6.45) is 1.48. The van der Waals surface area contributed by atoms with Crippen LogP contribution in [0.25, 0.3) is 0 Å². The molecule has 1 fully saturated rings. The number of hydrogen-bond acceptors (Lipinski definition) is 5. The third kappa shape index (κ3) is 3.64. The Labute approximate surface area is 166 Å². The van der Waals surface area contributed by atoms with Crippen LogP contribution in [0, 0.1) is 13.8 Å². The first-order valence-electron chi connectivity index (χ1n) is 9.40. The molecular formula is C19H27N5O3S. The molecular weight excluding hydrogens is 378 g/mol. The maximum atomic E-state index is 13.2. The number of carbonyl (C=O) groups excluding carboxylic acids is 1. The van der Waals surface area contributed by atoms with Gasteiger partial charge in [0.25, 0.3) is 15.9 Å². The van der Waals surface area contributed by atoms with Crippen molar-refractivity contribution in [3.8, 4) is 0 Å². The van der Waals surface area contributed by atoms with Crippen LogP contribution in [0.3, 0.4) is 0 Å². The molecule has 2 heterocycles. The largest absolute Gasteiger partial charge is 0.369 e. The molecule has 0 spiro atoms. The van der Waals surface area contributed by atoms with E-state index in [9.17, 15) is 13.2 Å². The molecule has 8 nitrogen and oxygen atoms in total. The maximum absolute atomic E-state index is 13.2. The zero-order valence-corrected chi connectivity index (χ0v) is 17.6. The van der Waals surface area contributed by atoms with Crippen LogP contribution in [-0.2, 0) is 16.6 Å².